The molecule has 0 aromatic heterocycles. The van der Waals surface area contributed by atoms with Crippen LogP contribution in [0.3, 0.4) is 0 Å². The van der Waals surface area contributed by atoms with Crippen molar-refractivity contribution in [2.24, 2.45) is 5.92 Å². The van der Waals surface area contributed by atoms with E-state index in [-0.39, 0.29) is 11.9 Å². The lowest BCUT2D eigenvalue weighted by atomic mass is 10.1. The molecule has 0 atom stereocenters. The first-order valence-electron chi connectivity index (χ1n) is 7.13. The van der Waals surface area contributed by atoms with E-state index in [4.69, 9.17) is 5.11 Å². The third-order valence-corrected chi connectivity index (χ3v) is 3.00. The fourth-order valence-corrected chi connectivity index (χ4v) is 2.03. The summed E-state index contributed by atoms with van der Waals surface area (Å²) < 4.78 is 0. The lowest BCUT2D eigenvalue weighted by Crippen LogP contribution is -2.39. The lowest BCUT2D eigenvalue weighted by molar-refractivity contribution is -0.131. The van der Waals surface area contributed by atoms with Gasteiger partial charge in [0.15, 0.2) is 0 Å². The first-order chi connectivity index (χ1) is 9.81. The molecule has 1 N–H and O–H groups in total. The molecule has 1 amide bonds. The maximum absolute atomic E-state index is 12.6. The van der Waals surface area contributed by atoms with Gasteiger partial charge in [-0.15, -0.1) is 0 Å². The third-order valence-electron chi connectivity index (χ3n) is 3.00. The topological polar surface area (TPSA) is 57.6 Å². The summed E-state index contributed by atoms with van der Waals surface area (Å²) in [4.78, 5) is 25.0. The van der Waals surface area contributed by atoms with Crippen molar-refractivity contribution < 1.29 is 14.7 Å². The zero-order valence-electron chi connectivity index (χ0n) is 13.0. The van der Waals surface area contributed by atoms with Gasteiger partial charge in [-0.1, -0.05) is 26.0 Å². The van der Waals surface area contributed by atoms with Gasteiger partial charge in [0.2, 0.25) is 0 Å². The molecule has 0 unspecified atom stereocenters. The van der Waals surface area contributed by atoms with E-state index >= 15 is 0 Å². The van der Waals surface area contributed by atoms with Gasteiger partial charge in [-0.05, 0) is 43.5 Å². The van der Waals surface area contributed by atoms with Crippen LogP contribution in [0.1, 0.15) is 43.6 Å². The molecule has 0 spiro atoms. The monoisotopic (exact) mass is 289 g/mol. The second-order valence-electron chi connectivity index (χ2n) is 5.74. The Hall–Kier alpha value is -2.10. The Morgan fingerprint density at radius 1 is 1.24 bits per heavy atom. The fraction of sp³-hybridized carbons (Fsp3) is 0.412. The van der Waals surface area contributed by atoms with Crippen LogP contribution >= 0.6 is 0 Å². The molecule has 1 aromatic carbocycles. The molecule has 0 fully saturated rings. The molecule has 21 heavy (non-hydrogen) atoms. The summed E-state index contributed by atoms with van der Waals surface area (Å²) >= 11 is 0. The molecule has 0 aliphatic carbocycles. The van der Waals surface area contributed by atoms with E-state index in [0.717, 1.165) is 6.08 Å². The summed E-state index contributed by atoms with van der Waals surface area (Å²) in [5.74, 6) is -0.633. The number of carbonyl (C=O) groups is 2. The van der Waals surface area contributed by atoms with E-state index in [9.17, 15) is 9.59 Å². The number of nitrogens with zero attached hydrogens (tertiary/aromatic N) is 1. The van der Waals surface area contributed by atoms with E-state index in [1.807, 2.05) is 18.7 Å². The maximum Gasteiger partial charge on any atom is 0.328 e. The van der Waals surface area contributed by atoms with Gasteiger partial charge in [0.1, 0.15) is 0 Å². The minimum atomic E-state index is -1.00. The van der Waals surface area contributed by atoms with Crippen molar-refractivity contribution in [3.8, 4) is 0 Å². The molecular weight excluding hydrogens is 266 g/mol. The Kier molecular flexibility index (Phi) is 6.15. The van der Waals surface area contributed by atoms with Crippen LogP contribution in [0.2, 0.25) is 0 Å². The van der Waals surface area contributed by atoms with Crippen molar-refractivity contribution in [3.05, 3.63) is 41.5 Å². The Morgan fingerprint density at radius 3 is 2.43 bits per heavy atom. The number of carbonyl (C=O) groups excluding carboxylic acids is 1. The highest BCUT2D eigenvalue weighted by Crippen LogP contribution is 2.14. The molecule has 114 valence electrons. The Balaban J connectivity index is 3.00. The van der Waals surface area contributed by atoms with Gasteiger partial charge in [-0.2, -0.15) is 0 Å². The molecule has 0 aliphatic heterocycles. The summed E-state index contributed by atoms with van der Waals surface area (Å²) in [5, 5.41) is 8.65. The van der Waals surface area contributed by atoms with E-state index in [2.05, 4.69) is 13.8 Å². The molecule has 1 aromatic rings. The van der Waals surface area contributed by atoms with Crippen molar-refractivity contribution in [1.82, 2.24) is 4.90 Å². The number of rotatable bonds is 6. The van der Waals surface area contributed by atoms with Gasteiger partial charge < -0.3 is 10.0 Å². The van der Waals surface area contributed by atoms with Crippen molar-refractivity contribution in [2.75, 3.05) is 6.54 Å². The van der Waals surface area contributed by atoms with Crippen LogP contribution in [0.25, 0.3) is 6.08 Å². The quantitative estimate of drug-likeness (QED) is 0.817. The van der Waals surface area contributed by atoms with Gasteiger partial charge in [-0.3, -0.25) is 4.79 Å². The average molecular weight is 289 g/mol. The Labute approximate surface area is 126 Å². The zero-order chi connectivity index (χ0) is 16.0. The molecular formula is C17H23NO3. The van der Waals surface area contributed by atoms with Crippen molar-refractivity contribution >= 4 is 18.0 Å². The molecule has 0 aliphatic rings. The van der Waals surface area contributed by atoms with Crippen molar-refractivity contribution in [1.29, 1.82) is 0 Å². The molecule has 0 heterocycles. The highest BCUT2D eigenvalue weighted by atomic mass is 16.4. The number of hydrogen-bond acceptors (Lipinski definition) is 2. The highest BCUT2D eigenvalue weighted by Gasteiger charge is 2.19. The van der Waals surface area contributed by atoms with Gasteiger partial charge in [0.05, 0.1) is 0 Å². The van der Waals surface area contributed by atoms with E-state index in [1.54, 1.807) is 24.3 Å². The minimum Gasteiger partial charge on any atom is -0.478 e. The average Bonchev–Trinajstić information content (AvgIpc) is 2.41. The van der Waals surface area contributed by atoms with Crippen LogP contribution in [0.5, 0.6) is 0 Å². The number of amides is 1. The summed E-state index contributed by atoms with van der Waals surface area (Å²) in [7, 11) is 0. The Bertz CT molecular complexity index is 533. The van der Waals surface area contributed by atoms with Crippen LogP contribution in [0.15, 0.2) is 30.3 Å². The number of carboxylic acid groups (broad SMARTS) is 1. The van der Waals surface area contributed by atoms with Crippen molar-refractivity contribution in [3.63, 3.8) is 0 Å². The highest BCUT2D eigenvalue weighted by molar-refractivity contribution is 5.95. The van der Waals surface area contributed by atoms with E-state index < -0.39 is 5.97 Å². The molecule has 0 saturated heterocycles. The third kappa shape index (κ3) is 5.42. The molecule has 4 heteroatoms. The molecule has 1 rings (SSSR count). The normalized spacial score (nSPS) is 11.3. The maximum atomic E-state index is 12.6. The van der Waals surface area contributed by atoms with Gasteiger partial charge in [0, 0.05) is 24.2 Å². The number of aliphatic carboxylic acids is 1. The van der Waals surface area contributed by atoms with Crippen LogP contribution in [0.4, 0.5) is 0 Å². The largest absolute Gasteiger partial charge is 0.478 e. The predicted octanol–water partition coefficient (Wildman–Crippen LogP) is 3.29. The van der Waals surface area contributed by atoms with Crippen LogP contribution < -0.4 is 0 Å². The van der Waals surface area contributed by atoms with E-state index in [1.165, 1.54) is 6.08 Å². The first kappa shape index (κ1) is 17.0. The van der Waals surface area contributed by atoms with E-state index in [0.29, 0.717) is 23.6 Å². The zero-order valence-corrected chi connectivity index (χ0v) is 13.0. The molecule has 0 bridgehead atoms. The molecule has 0 saturated carbocycles. The summed E-state index contributed by atoms with van der Waals surface area (Å²) in [6.45, 7) is 8.85. The summed E-state index contributed by atoms with van der Waals surface area (Å²) in [6.07, 6.45) is 2.55. The SMILES string of the molecule is CC(C)CN(C(=O)c1cccc(C=CC(=O)O)c1)C(C)C. The number of carboxylic acids is 1. The van der Waals surface area contributed by atoms with Crippen LogP contribution in [-0.4, -0.2) is 34.5 Å². The van der Waals surface area contributed by atoms with Gasteiger partial charge >= 0.3 is 5.97 Å². The van der Waals surface area contributed by atoms with Gasteiger partial charge in [0.25, 0.3) is 5.91 Å². The number of hydrogen-bond donors (Lipinski definition) is 1. The van der Waals surface area contributed by atoms with Crippen LogP contribution in [-0.2, 0) is 4.79 Å². The molecule has 0 radical (unpaired) electrons. The second kappa shape index (κ2) is 7.62. The van der Waals surface area contributed by atoms with Crippen LogP contribution in [0, 0.1) is 5.92 Å². The lowest BCUT2D eigenvalue weighted by Gasteiger charge is -2.28. The smallest absolute Gasteiger partial charge is 0.328 e. The van der Waals surface area contributed by atoms with Gasteiger partial charge in [-0.25, -0.2) is 4.79 Å². The van der Waals surface area contributed by atoms with Crippen molar-refractivity contribution in [2.45, 2.75) is 33.7 Å². The fourth-order valence-electron chi connectivity index (χ4n) is 2.03. The summed E-state index contributed by atoms with van der Waals surface area (Å²) in [5.41, 5.74) is 1.29. The predicted molar refractivity (Wildman–Crippen MR) is 84.1 cm³/mol. The Morgan fingerprint density at radius 2 is 1.90 bits per heavy atom. The standard InChI is InChI=1S/C17H23NO3/c1-12(2)11-18(13(3)4)17(21)15-7-5-6-14(10-15)8-9-16(19)20/h5-10,12-13H,11H2,1-4H3,(H,19,20). The molecule has 4 nitrogen and oxygen atoms in total. The number of benzene rings is 1. The first-order valence-corrected chi connectivity index (χ1v) is 7.13. The minimum absolute atomic E-state index is 0.0238. The second-order valence-corrected chi connectivity index (χ2v) is 5.74. The summed E-state index contributed by atoms with van der Waals surface area (Å²) in [6, 6.07) is 7.15.